The summed E-state index contributed by atoms with van der Waals surface area (Å²) >= 11 is 6.17. The lowest BCUT2D eigenvalue weighted by Gasteiger charge is -2.36. The molecule has 0 unspecified atom stereocenters. The van der Waals surface area contributed by atoms with Gasteiger partial charge in [0.2, 0.25) is 5.75 Å². The van der Waals surface area contributed by atoms with E-state index in [2.05, 4.69) is 27.8 Å². The van der Waals surface area contributed by atoms with Crippen molar-refractivity contribution in [3.8, 4) is 34.1 Å². The quantitative estimate of drug-likeness (QED) is 0.242. The Morgan fingerprint density at radius 2 is 1.50 bits per heavy atom. The van der Waals surface area contributed by atoms with Crippen molar-refractivity contribution in [2.75, 3.05) is 52.4 Å². The van der Waals surface area contributed by atoms with E-state index in [-0.39, 0.29) is 5.91 Å². The van der Waals surface area contributed by atoms with Crippen LogP contribution in [0.15, 0.2) is 79.3 Å². The number of amides is 1. The van der Waals surface area contributed by atoms with Crippen LogP contribution in [0, 0.1) is 0 Å². The summed E-state index contributed by atoms with van der Waals surface area (Å²) < 4.78 is 18.4. The van der Waals surface area contributed by atoms with E-state index in [1.54, 1.807) is 18.5 Å². The number of ether oxygens (including phenoxy) is 3. The first-order chi connectivity index (χ1) is 20.5. The molecule has 1 saturated heterocycles. The molecule has 0 radical (unpaired) electrons. The summed E-state index contributed by atoms with van der Waals surface area (Å²) in [5.74, 6) is 2.09. The van der Waals surface area contributed by atoms with Crippen LogP contribution in [0.4, 0.5) is 5.82 Å². The number of carbonyl (C=O) groups is 1. The maximum Gasteiger partial charge on any atom is 0.254 e. The minimum absolute atomic E-state index is 0.0967. The van der Waals surface area contributed by atoms with Crippen LogP contribution in [0.1, 0.15) is 10.4 Å². The summed E-state index contributed by atoms with van der Waals surface area (Å²) in [5.41, 5.74) is 4.34. The molecule has 214 valence electrons. The van der Waals surface area contributed by atoms with E-state index in [0.717, 1.165) is 33.7 Å². The van der Waals surface area contributed by atoms with Crippen molar-refractivity contribution in [2.24, 2.45) is 0 Å². The molecule has 6 rings (SSSR count). The molecule has 0 spiro atoms. The smallest absolute Gasteiger partial charge is 0.254 e. The number of benzene rings is 3. The molecule has 0 bridgehead atoms. The largest absolute Gasteiger partial charge is 0.493 e. The first-order valence-corrected chi connectivity index (χ1v) is 13.9. The fourth-order valence-corrected chi connectivity index (χ4v) is 5.56. The van der Waals surface area contributed by atoms with E-state index >= 15 is 0 Å². The molecule has 0 N–H and O–H groups in total. The van der Waals surface area contributed by atoms with Gasteiger partial charge in [-0.05, 0) is 42.0 Å². The lowest BCUT2D eigenvalue weighted by atomic mass is 10.1. The Morgan fingerprint density at radius 3 is 2.12 bits per heavy atom. The zero-order chi connectivity index (χ0) is 29.2. The van der Waals surface area contributed by atoms with Gasteiger partial charge < -0.3 is 28.6 Å². The number of aromatic nitrogens is 3. The van der Waals surface area contributed by atoms with Crippen LogP contribution in [-0.4, -0.2) is 72.9 Å². The van der Waals surface area contributed by atoms with Gasteiger partial charge >= 0.3 is 0 Å². The van der Waals surface area contributed by atoms with Crippen molar-refractivity contribution in [2.45, 2.75) is 0 Å². The predicted molar refractivity (Wildman–Crippen MR) is 164 cm³/mol. The molecule has 0 saturated carbocycles. The third-order valence-corrected chi connectivity index (χ3v) is 7.78. The van der Waals surface area contributed by atoms with E-state index in [1.165, 1.54) is 21.3 Å². The second-order valence-electron chi connectivity index (χ2n) is 9.84. The third-order valence-electron chi connectivity index (χ3n) is 7.53. The molecule has 1 fully saturated rings. The molecule has 2 aromatic heterocycles. The molecule has 3 aromatic carbocycles. The van der Waals surface area contributed by atoms with Crippen molar-refractivity contribution in [3.05, 3.63) is 89.8 Å². The van der Waals surface area contributed by atoms with Gasteiger partial charge in [0.05, 0.1) is 26.7 Å². The first-order valence-electron chi connectivity index (χ1n) is 13.5. The first kappa shape index (κ1) is 27.4. The van der Waals surface area contributed by atoms with Crippen LogP contribution in [0.3, 0.4) is 0 Å². The molecule has 1 aliphatic rings. The average Bonchev–Trinajstić information content (AvgIpc) is 3.44. The maximum atomic E-state index is 13.5. The molecule has 1 aliphatic heterocycles. The number of anilines is 1. The van der Waals surface area contributed by atoms with Gasteiger partial charge in [-0.2, -0.15) is 0 Å². The van der Waals surface area contributed by atoms with Gasteiger partial charge in [0.1, 0.15) is 12.1 Å². The van der Waals surface area contributed by atoms with Crippen LogP contribution in [0.2, 0.25) is 5.02 Å². The number of rotatable bonds is 7. The second-order valence-corrected chi connectivity index (χ2v) is 10.3. The van der Waals surface area contributed by atoms with E-state index in [1.807, 2.05) is 47.4 Å². The van der Waals surface area contributed by atoms with E-state index < -0.39 is 0 Å². The maximum absolute atomic E-state index is 13.5. The van der Waals surface area contributed by atoms with Crippen molar-refractivity contribution < 1.29 is 19.0 Å². The zero-order valence-electron chi connectivity index (χ0n) is 23.6. The SMILES string of the molecule is COc1cc(C(=O)N2CCN(c3ncnc4c3c(-c3ccccc3)cn4-c3ccc(Cl)cc3)CC2)cc(OC)c1OC. The summed E-state index contributed by atoms with van der Waals surface area (Å²) in [6.07, 6.45) is 3.71. The second kappa shape index (κ2) is 11.6. The van der Waals surface area contributed by atoms with Gasteiger partial charge in [-0.25, -0.2) is 9.97 Å². The highest BCUT2D eigenvalue weighted by Crippen LogP contribution is 2.39. The highest BCUT2D eigenvalue weighted by atomic mass is 35.5. The van der Waals surface area contributed by atoms with Crippen molar-refractivity contribution in [1.82, 2.24) is 19.4 Å². The van der Waals surface area contributed by atoms with Gasteiger partial charge in [-0.1, -0.05) is 41.9 Å². The summed E-state index contributed by atoms with van der Waals surface area (Å²) in [6.45, 7) is 2.28. The van der Waals surface area contributed by atoms with Gasteiger partial charge in [0, 0.05) is 54.2 Å². The topological polar surface area (TPSA) is 82.0 Å². The number of carbonyl (C=O) groups excluding carboxylic acids is 1. The summed E-state index contributed by atoms with van der Waals surface area (Å²) in [5, 5.41) is 1.64. The van der Waals surface area contributed by atoms with Gasteiger partial charge in [-0.15, -0.1) is 0 Å². The Bertz CT molecular complexity index is 1710. The van der Waals surface area contributed by atoms with E-state index in [4.69, 9.17) is 35.8 Å². The van der Waals surface area contributed by atoms with Gasteiger partial charge in [0.15, 0.2) is 17.1 Å². The number of halogens is 1. The minimum atomic E-state index is -0.0967. The zero-order valence-corrected chi connectivity index (χ0v) is 24.3. The molecule has 1 amide bonds. The number of hydrogen-bond acceptors (Lipinski definition) is 7. The summed E-state index contributed by atoms with van der Waals surface area (Å²) in [7, 11) is 4.62. The lowest BCUT2D eigenvalue weighted by Crippen LogP contribution is -2.49. The Balaban J connectivity index is 1.32. The van der Waals surface area contributed by atoms with Crippen LogP contribution in [0.25, 0.3) is 27.8 Å². The molecule has 3 heterocycles. The van der Waals surface area contributed by atoms with Crippen molar-refractivity contribution in [3.63, 3.8) is 0 Å². The molecular weight excluding hydrogens is 554 g/mol. The van der Waals surface area contributed by atoms with Gasteiger partial charge in [-0.3, -0.25) is 4.79 Å². The average molecular weight is 584 g/mol. The molecule has 42 heavy (non-hydrogen) atoms. The lowest BCUT2D eigenvalue weighted by molar-refractivity contribution is 0.0745. The van der Waals surface area contributed by atoms with Crippen LogP contribution in [-0.2, 0) is 0 Å². The Kier molecular flexibility index (Phi) is 7.58. The minimum Gasteiger partial charge on any atom is -0.493 e. The number of hydrogen-bond donors (Lipinski definition) is 0. The molecule has 0 aliphatic carbocycles. The van der Waals surface area contributed by atoms with Gasteiger partial charge in [0.25, 0.3) is 5.91 Å². The van der Waals surface area contributed by atoms with Crippen molar-refractivity contribution in [1.29, 1.82) is 0 Å². The summed E-state index contributed by atoms with van der Waals surface area (Å²) in [6, 6.07) is 21.3. The monoisotopic (exact) mass is 583 g/mol. The highest BCUT2D eigenvalue weighted by molar-refractivity contribution is 6.30. The Labute approximate surface area is 248 Å². The van der Waals surface area contributed by atoms with Crippen LogP contribution < -0.4 is 19.1 Å². The van der Waals surface area contributed by atoms with Crippen LogP contribution >= 0.6 is 11.6 Å². The number of piperazine rings is 1. The van der Waals surface area contributed by atoms with Crippen molar-refractivity contribution >= 4 is 34.4 Å². The molecular formula is C32H30ClN5O4. The Morgan fingerprint density at radius 1 is 0.833 bits per heavy atom. The van der Waals surface area contributed by atoms with Crippen LogP contribution in [0.5, 0.6) is 17.2 Å². The van der Waals surface area contributed by atoms with E-state index in [9.17, 15) is 4.79 Å². The fraction of sp³-hybridized carbons (Fsp3) is 0.219. The fourth-order valence-electron chi connectivity index (χ4n) is 5.43. The number of fused-ring (bicyclic) bond motifs is 1. The number of methoxy groups -OCH3 is 3. The predicted octanol–water partition coefficient (Wildman–Crippen LogP) is 5.73. The number of nitrogens with zero attached hydrogens (tertiary/aromatic N) is 5. The molecule has 5 aromatic rings. The Hall–Kier alpha value is -4.76. The van der Waals surface area contributed by atoms with E-state index in [0.29, 0.717) is 54.0 Å². The molecule has 9 nitrogen and oxygen atoms in total. The summed E-state index contributed by atoms with van der Waals surface area (Å²) in [4.78, 5) is 27.1. The standard InChI is InChI=1S/C32H30ClN5O4/c1-40-26-17-22(18-27(41-2)29(26)42-3)32(39)37-15-13-36(14-16-37)30-28-25(21-7-5-4-6-8-21)19-38(31(28)35-20-34-30)24-11-9-23(33)10-12-24/h4-12,17-20H,13-16H2,1-3H3. The normalized spacial score (nSPS) is 13.3. The highest BCUT2D eigenvalue weighted by Gasteiger charge is 2.28. The molecule has 10 heteroatoms. The third kappa shape index (κ3) is 4.96. The molecule has 0 atom stereocenters.